The monoisotopic (exact) mass is 415 g/mol. The van der Waals surface area contributed by atoms with Crippen LogP contribution in [0.25, 0.3) is 0 Å². The summed E-state index contributed by atoms with van der Waals surface area (Å²) in [6.07, 6.45) is 25.3. The molecule has 3 aliphatic carbocycles. The minimum absolute atomic E-state index is 0.572. The van der Waals surface area contributed by atoms with Gasteiger partial charge in [0.05, 0.1) is 0 Å². The molecule has 0 amide bonds. The number of unbranched alkanes of at least 4 members (excludes halogenated alkanes) is 1. The second-order valence-corrected chi connectivity index (χ2v) is 11.8. The number of hydrogen-bond acceptors (Lipinski definition) is 0. The van der Waals surface area contributed by atoms with E-state index in [0.717, 1.165) is 35.5 Å². The largest absolute Gasteiger partial charge is 0.0654 e. The van der Waals surface area contributed by atoms with Crippen LogP contribution in [-0.4, -0.2) is 0 Å². The zero-order valence-electron chi connectivity index (χ0n) is 21.5. The average Bonchev–Trinajstić information content (AvgIpc) is 3.32. The molecule has 0 aliphatic heterocycles. The van der Waals surface area contributed by atoms with Crippen molar-refractivity contribution in [2.24, 2.45) is 40.9 Å². The van der Waals surface area contributed by atoms with Crippen LogP contribution < -0.4 is 0 Å². The summed E-state index contributed by atoms with van der Waals surface area (Å²) in [6.45, 7) is 12.7. The van der Waals surface area contributed by atoms with Gasteiger partial charge in [-0.15, -0.1) is 0 Å². The smallest absolute Gasteiger partial charge is 0.0107 e. The Morgan fingerprint density at radius 3 is 2.07 bits per heavy atom. The van der Waals surface area contributed by atoms with E-state index in [1.165, 1.54) is 109 Å². The first-order valence-electron chi connectivity index (χ1n) is 14.5. The SMILES string of the molecule is CCCCC1CCCC(C(C)CC)(C2CCCCC2)[C]1C(C(C)CC)C1CCCC1. The Morgan fingerprint density at radius 2 is 1.47 bits per heavy atom. The third-order valence-electron chi connectivity index (χ3n) is 10.4. The van der Waals surface area contributed by atoms with Gasteiger partial charge in [0.25, 0.3) is 0 Å². The lowest BCUT2D eigenvalue weighted by Gasteiger charge is -2.60. The van der Waals surface area contributed by atoms with Crippen LogP contribution >= 0.6 is 0 Å². The molecule has 0 heteroatoms. The lowest BCUT2D eigenvalue weighted by atomic mass is 9.44. The predicted octanol–water partition coefficient (Wildman–Crippen LogP) is 10.0. The van der Waals surface area contributed by atoms with E-state index in [1.54, 1.807) is 0 Å². The minimum atomic E-state index is 0.572. The van der Waals surface area contributed by atoms with Crippen molar-refractivity contribution in [3.8, 4) is 0 Å². The lowest BCUT2D eigenvalue weighted by molar-refractivity contribution is -0.0233. The summed E-state index contributed by atoms with van der Waals surface area (Å²) in [5.41, 5.74) is 0.572. The van der Waals surface area contributed by atoms with Crippen molar-refractivity contribution in [3.63, 3.8) is 0 Å². The topological polar surface area (TPSA) is 0 Å². The molecular formula is C30H55. The van der Waals surface area contributed by atoms with E-state index >= 15 is 0 Å². The van der Waals surface area contributed by atoms with Crippen molar-refractivity contribution < 1.29 is 0 Å². The van der Waals surface area contributed by atoms with Crippen LogP contribution in [0, 0.1) is 46.8 Å². The van der Waals surface area contributed by atoms with Gasteiger partial charge in [-0.3, -0.25) is 0 Å². The molecule has 3 aliphatic rings. The molecular weight excluding hydrogens is 360 g/mol. The highest BCUT2D eigenvalue weighted by Crippen LogP contribution is 2.65. The van der Waals surface area contributed by atoms with Gasteiger partial charge in [-0.2, -0.15) is 0 Å². The zero-order chi connectivity index (χ0) is 21.6. The maximum atomic E-state index is 2.68. The molecule has 175 valence electrons. The van der Waals surface area contributed by atoms with Crippen molar-refractivity contribution in [1.29, 1.82) is 0 Å². The summed E-state index contributed by atoms with van der Waals surface area (Å²) in [5.74, 6) is 7.82. The summed E-state index contributed by atoms with van der Waals surface area (Å²) in [7, 11) is 0. The van der Waals surface area contributed by atoms with Gasteiger partial charge in [0, 0.05) is 0 Å². The number of rotatable bonds is 10. The van der Waals surface area contributed by atoms with Gasteiger partial charge in [0.15, 0.2) is 0 Å². The van der Waals surface area contributed by atoms with Crippen molar-refractivity contribution in [3.05, 3.63) is 5.92 Å². The normalized spacial score (nSPS) is 32.9. The van der Waals surface area contributed by atoms with Crippen LogP contribution in [0.15, 0.2) is 0 Å². The predicted molar refractivity (Wildman–Crippen MR) is 133 cm³/mol. The molecule has 30 heavy (non-hydrogen) atoms. The van der Waals surface area contributed by atoms with Crippen LogP contribution in [-0.2, 0) is 0 Å². The first kappa shape index (κ1) is 24.6. The fourth-order valence-electron chi connectivity index (χ4n) is 8.60. The molecule has 0 saturated heterocycles. The molecule has 0 nitrogen and oxygen atoms in total. The van der Waals surface area contributed by atoms with Gasteiger partial charge in [0.2, 0.25) is 0 Å². The summed E-state index contributed by atoms with van der Waals surface area (Å²) in [6, 6.07) is 0. The van der Waals surface area contributed by atoms with Crippen molar-refractivity contribution in [1.82, 2.24) is 0 Å². The van der Waals surface area contributed by atoms with Gasteiger partial charge >= 0.3 is 0 Å². The quantitative estimate of drug-likeness (QED) is 0.333. The van der Waals surface area contributed by atoms with Crippen LogP contribution in [0.2, 0.25) is 0 Å². The molecule has 1 radical (unpaired) electrons. The van der Waals surface area contributed by atoms with Gasteiger partial charge in [-0.05, 0) is 78.9 Å². The van der Waals surface area contributed by atoms with Crippen molar-refractivity contribution in [2.45, 2.75) is 144 Å². The van der Waals surface area contributed by atoms with E-state index in [0.29, 0.717) is 5.41 Å². The molecule has 3 fully saturated rings. The fraction of sp³-hybridized carbons (Fsp3) is 0.967. The van der Waals surface area contributed by atoms with E-state index in [4.69, 9.17) is 0 Å². The van der Waals surface area contributed by atoms with E-state index < -0.39 is 0 Å². The Bertz CT molecular complexity index is 468. The van der Waals surface area contributed by atoms with Crippen molar-refractivity contribution >= 4 is 0 Å². The zero-order valence-corrected chi connectivity index (χ0v) is 21.5. The summed E-state index contributed by atoms with van der Waals surface area (Å²) in [4.78, 5) is 0. The van der Waals surface area contributed by atoms with Gasteiger partial charge in [0.1, 0.15) is 0 Å². The summed E-state index contributed by atoms with van der Waals surface area (Å²) < 4.78 is 0. The second-order valence-electron chi connectivity index (χ2n) is 11.8. The van der Waals surface area contributed by atoms with E-state index in [2.05, 4.69) is 40.5 Å². The molecule has 0 aromatic rings. The summed E-state index contributed by atoms with van der Waals surface area (Å²) in [5, 5.41) is 0. The Labute approximate surface area is 190 Å². The van der Waals surface area contributed by atoms with Crippen LogP contribution in [0.4, 0.5) is 0 Å². The molecule has 5 unspecified atom stereocenters. The minimum Gasteiger partial charge on any atom is -0.0654 e. The van der Waals surface area contributed by atoms with E-state index in [-0.39, 0.29) is 0 Å². The molecule has 0 heterocycles. The average molecular weight is 416 g/mol. The third kappa shape index (κ3) is 4.98. The Balaban J connectivity index is 2.07. The third-order valence-corrected chi connectivity index (χ3v) is 10.4. The molecule has 0 N–H and O–H groups in total. The second kappa shape index (κ2) is 11.7. The highest BCUT2D eigenvalue weighted by atomic mass is 14.6. The molecule has 0 aromatic heterocycles. The van der Waals surface area contributed by atoms with Gasteiger partial charge in [-0.1, -0.05) is 112 Å². The fourth-order valence-corrected chi connectivity index (χ4v) is 8.60. The first-order chi connectivity index (χ1) is 14.6. The summed E-state index contributed by atoms with van der Waals surface area (Å²) >= 11 is 0. The standard InChI is InChI=1S/C30H55/c1-6-9-16-26-19-15-22-30(24(5)8-3,27-20-11-10-12-21-27)29(26)28(23(4)7-2)25-17-13-14-18-25/h23-28H,6-22H2,1-5H3. The highest BCUT2D eigenvalue weighted by molar-refractivity contribution is 5.21. The maximum Gasteiger partial charge on any atom is -0.0107 e. The Hall–Kier alpha value is 0. The van der Waals surface area contributed by atoms with E-state index in [9.17, 15) is 0 Å². The maximum absolute atomic E-state index is 2.68. The van der Waals surface area contributed by atoms with Crippen LogP contribution in [0.3, 0.4) is 0 Å². The lowest BCUT2D eigenvalue weighted by Crippen LogP contribution is -2.53. The van der Waals surface area contributed by atoms with E-state index in [1.807, 2.05) is 0 Å². The first-order valence-corrected chi connectivity index (χ1v) is 14.5. The molecule has 5 atom stereocenters. The molecule has 3 saturated carbocycles. The highest BCUT2D eigenvalue weighted by Gasteiger charge is 2.56. The molecule has 3 rings (SSSR count). The Kier molecular flexibility index (Phi) is 9.65. The van der Waals surface area contributed by atoms with Crippen LogP contribution in [0.5, 0.6) is 0 Å². The number of hydrogen-bond donors (Lipinski definition) is 0. The Morgan fingerprint density at radius 1 is 0.800 bits per heavy atom. The van der Waals surface area contributed by atoms with Crippen molar-refractivity contribution in [2.75, 3.05) is 0 Å². The van der Waals surface area contributed by atoms with Crippen LogP contribution in [0.1, 0.15) is 144 Å². The molecule has 0 bridgehead atoms. The van der Waals surface area contributed by atoms with Gasteiger partial charge in [-0.25, -0.2) is 0 Å². The van der Waals surface area contributed by atoms with Gasteiger partial charge < -0.3 is 0 Å². The molecule has 0 spiro atoms. The molecule has 0 aromatic carbocycles.